The second-order valence-electron chi connectivity index (χ2n) is 5.48. The van der Waals surface area contributed by atoms with Gasteiger partial charge in [-0.3, -0.25) is 0 Å². The van der Waals surface area contributed by atoms with Gasteiger partial charge in [-0.15, -0.1) is 0 Å². The highest BCUT2D eigenvalue weighted by Gasteiger charge is 2.37. The van der Waals surface area contributed by atoms with Crippen molar-refractivity contribution in [1.29, 1.82) is 0 Å². The molecule has 0 bridgehead atoms. The van der Waals surface area contributed by atoms with E-state index in [-0.39, 0.29) is 0 Å². The maximum Gasteiger partial charge on any atom is 0.105 e. The molecule has 1 aliphatic carbocycles. The van der Waals surface area contributed by atoms with Crippen molar-refractivity contribution in [2.75, 3.05) is 19.8 Å². The van der Waals surface area contributed by atoms with Gasteiger partial charge in [0.05, 0.1) is 19.3 Å². The Balaban J connectivity index is 1.92. The van der Waals surface area contributed by atoms with Crippen LogP contribution in [0.25, 0.3) is 0 Å². The van der Waals surface area contributed by atoms with Gasteiger partial charge in [0.1, 0.15) is 6.10 Å². The lowest BCUT2D eigenvalue weighted by Crippen LogP contribution is -2.53. The summed E-state index contributed by atoms with van der Waals surface area (Å²) in [6, 6.07) is 0.532. The summed E-state index contributed by atoms with van der Waals surface area (Å²) in [4.78, 5) is 0. The largest absolute Gasteiger partial charge is 0.376 e. The third kappa shape index (κ3) is 2.76. The van der Waals surface area contributed by atoms with Crippen LogP contribution in [-0.2, 0) is 9.47 Å². The van der Waals surface area contributed by atoms with E-state index in [1.54, 1.807) is 0 Å². The molecule has 1 heterocycles. The molecule has 3 heteroatoms. The van der Waals surface area contributed by atoms with Crippen LogP contribution in [0.3, 0.4) is 0 Å². The lowest BCUT2D eigenvalue weighted by Gasteiger charge is -2.43. The van der Waals surface area contributed by atoms with E-state index in [0.29, 0.717) is 24.2 Å². The summed E-state index contributed by atoms with van der Waals surface area (Å²) in [5, 5.41) is 3.58. The second kappa shape index (κ2) is 5.48. The van der Waals surface area contributed by atoms with Crippen LogP contribution in [0.2, 0.25) is 0 Å². The molecule has 1 saturated carbocycles. The van der Waals surface area contributed by atoms with Crippen molar-refractivity contribution in [1.82, 2.24) is 5.32 Å². The molecule has 16 heavy (non-hydrogen) atoms. The molecule has 0 radical (unpaired) electrons. The smallest absolute Gasteiger partial charge is 0.105 e. The van der Waals surface area contributed by atoms with Crippen molar-refractivity contribution in [3.05, 3.63) is 0 Å². The van der Waals surface area contributed by atoms with Gasteiger partial charge >= 0.3 is 0 Å². The summed E-state index contributed by atoms with van der Waals surface area (Å²) in [5.41, 5.74) is 0. The fourth-order valence-corrected chi connectivity index (χ4v) is 3.03. The van der Waals surface area contributed by atoms with Gasteiger partial charge in [-0.25, -0.2) is 0 Å². The lowest BCUT2D eigenvalue weighted by atomic mass is 9.78. The number of likely N-dealkylation sites (N-methyl/N-ethyl adjacent to an activating group) is 1. The molecule has 4 unspecified atom stereocenters. The first-order valence-corrected chi connectivity index (χ1v) is 6.67. The van der Waals surface area contributed by atoms with Crippen molar-refractivity contribution in [2.24, 2.45) is 11.8 Å². The molecular weight excluding hydrogens is 202 g/mol. The Morgan fingerprint density at radius 1 is 1.25 bits per heavy atom. The number of nitrogens with one attached hydrogen (secondary N) is 1. The van der Waals surface area contributed by atoms with E-state index in [9.17, 15) is 0 Å². The summed E-state index contributed by atoms with van der Waals surface area (Å²) in [6.07, 6.45) is 3.27. The standard InChI is InChI=1S/C13H25NO2/c1-4-14-12-6-9(2)5-10(3)13(12)16-11-7-15-8-11/h9-14H,4-8H2,1-3H3. The Kier molecular flexibility index (Phi) is 4.22. The molecule has 1 saturated heterocycles. The van der Waals surface area contributed by atoms with Gasteiger partial charge in [-0.05, 0) is 31.2 Å². The van der Waals surface area contributed by atoms with Crippen molar-refractivity contribution in [3.8, 4) is 0 Å². The van der Waals surface area contributed by atoms with Gasteiger partial charge in [-0.2, -0.15) is 0 Å². The Morgan fingerprint density at radius 2 is 2.00 bits per heavy atom. The molecule has 0 spiro atoms. The zero-order valence-electron chi connectivity index (χ0n) is 10.7. The number of hydrogen-bond acceptors (Lipinski definition) is 3. The molecule has 0 amide bonds. The van der Waals surface area contributed by atoms with E-state index in [1.165, 1.54) is 12.8 Å². The molecule has 2 rings (SSSR count). The third-order valence-corrected chi connectivity index (χ3v) is 3.81. The summed E-state index contributed by atoms with van der Waals surface area (Å²) in [6.45, 7) is 9.46. The Morgan fingerprint density at radius 3 is 2.56 bits per heavy atom. The van der Waals surface area contributed by atoms with Crippen LogP contribution in [0.5, 0.6) is 0 Å². The first-order valence-electron chi connectivity index (χ1n) is 6.67. The van der Waals surface area contributed by atoms with E-state index in [4.69, 9.17) is 9.47 Å². The first kappa shape index (κ1) is 12.3. The van der Waals surface area contributed by atoms with Crippen LogP contribution in [0, 0.1) is 11.8 Å². The molecule has 2 fully saturated rings. The van der Waals surface area contributed by atoms with Crippen LogP contribution >= 0.6 is 0 Å². The predicted octanol–water partition coefficient (Wildman–Crippen LogP) is 1.81. The van der Waals surface area contributed by atoms with Crippen molar-refractivity contribution in [2.45, 2.75) is 51.9 Å². The quantitative estimate of drug-likeness (QED) is 0.794. The lowest BCUT2D eigenvalue weighted by molar-refractivity contribution is -0.178. The minimum Gasteiger partial charge on any atom is -0.376 e. The Hall–Kier alpha value is -0.120. The molecule has 2 aliphatic rings. The van der Waals surface area contributed by atoms with Gasteiger partial charge in [-0.1, -0.05) is 20.8 Å². The van der Waals surface area contributed by atoms with Crippen molar-refractivity contribution in [3.63, 3.8) is 0 Å². The minimum atomic E-state index is 0.349. The number of hydrogen-bond donors (Lipinski definition) is 1. The van der Waals surface area contributed by atoms with E-state index in [1.807, 2.05) is 0 Å². The maximum absolute atomic E-state index is 6.17. The molecule has 1 N–H and O–H groups in total. The minimum absolute atomic E-state index is 0.349. The Bertz CT molecular complexity index is 218. The van der Waals surface area contributed by atoms with E-state index < -0.39 is 0 Å². The second-order valence-corrected chi connectivity index (χ2v) is 5.48. The maximum atomic E-state index is 6.17. The van der Waals surface area contributed by atoms with Crippen LogP contribution in [0.1, 0.15) is 33.6 Å². The van der Waals surface area contributed by atoms with E-state index in [2.05, 4.69) is 26.1 Å². The molecule has 4 atom stereocenters. The van der Waals surface area contributed by atoms with Gasteiger partial charge in [0.2, 0.25) is 0 Å². The molecule has 3 nitrogen and oxygen atoms in total. The van der Waals surface area contributed by atoms with Crippen LogP contribution in [0.15, 0.2) is 0 Å². The summed E-state index contributed by atoms with van der Waals surface area (Å²) < 4.78 is 11.3. The third-order valence-electron chi connectivity index (χ3n) is 3.81. The van der Waals surface area contributed by atoms with E-state index in [0.717, 1.165) is 25.7 Å². The fourth-order valence-electron chi connectivity index (χ4n) is 3.03. The van der Waals surface area contributed by atoms with Crippen LogP contribution < -0.4 is 5.32 Å². The zero-order valence-corrected chi connectivity index (χ0v) is 10.7. The summed E-state index contributed by atoms with van der Waals surface area (Å²) in [7, 11) is 0. The highest BCUT2D eigenvalue weighted by molar-refractivity contribution is 4.89. The average molecular weight is 227 g/mol. The Labute approximate surface area is 98.9 Å². The number of ether oxygens (including phenoxy) is 2. The van der Waals surface area contributed by atoms with Crippen LogP contribution in [-0.4, -0.2) is 38.0 Å². The van der Waals surface area contributed by atoms with Crippen molar-refractivity contribution < 1.29 is 9.47 Å². The normalized spacial score (nSPS) is 40.7. The average Bonchev–Trinajstić information content (AvgIpc) is 2.14. The molecule has 0 aromatic rings. The van der Waals surface area contributed by atoms with E-state index >= 15 is 0 Å². The fraction of sp³-hybridized carbons (Fsp3) is 1.00. The monoisotopic (exact) mass is 227 g/mol. The van der Waals surface area contributed by atoms with Gasteiger partial charge in [0.25, 0.3) is 0 Å². The molecule has 94 valence electrons. The van der Waals surface area contributed by atoms with Crippen molar-refractivity contribution >= 4 is 0 Å². The summed E-state index contributed by atoms with van der Waals surface area (Å²) in [5.74, 6) is 1.48. The highest BCUT2D eigenvalue weighted by Crippen LogP contribution is 2.32. The first-order chi connectivity index (χ1) is 7.70. The SMILES string of the molecule is CCNC1CC(C)CC(C)C1OC1COC1. The molecular formula is C13H25NO2. The topological polar surface area (TPSA) is 30.5 Å². The highest BCUT2D eigenvalue weighted by atomic mass is 16.6. The van der Waals surface area contributed by atoms with Crippen LogP contribution in [0.4, 0.5) is 0 Å². The predicted molar refractivity (Wildman–Crippen MR) is 64.5 cm³/mol. The number of rotatable bonds is 4. The molecule has 0 aromatic carbocycles. The zero-order chi connectivity index (χ0) is 11.5. The van der Waals surface area contributed by atoms with Gasteiger partial charge in [0, 0.05) is 6.04 Å². The van der Waals surface area contributed by atoms with Gasteiger partial charge < -0.3 is 14.8 Å². The molecule has 0 aromatic heterocycles. The molecule has 1 aliphatic heterocycles. The summed E-state index contributed by atoms with van der Waals surface area (Å²) >= 11 is 0. The van der Waals surface area contributed by atoms with Gasteiger partial charge in [0.15, 0.2) is 0 Å².